The summed E-state index contributed by atoms with van der Waals surface area (Å²) in [5.41, 5.74) is 7.11. The molecule has 0 N–H and O–H groups in total. The summed E-state index contributed by atoms with van der Waals surface area (Å²) < 4.78 is 0. The first-order valence-corrected chi connectivity index (χ1v) is 8.23. The van der Waals surface area contributed by atoms with Crippen molar-refractivity contribution in [2.75, 3.05) is 0 Å². The molecule has 0 radical (unpaired) electrons. The molecule has 0 spiro atoms. The van der Waals surface area contributed by atoms with E-state index in [2.05, 4.69) is 56.0 Å². The summed E-state index contributed by atoms with van der Waals surface area (Å²) >= 11 is 0. The Morgan fingerprint density at radius 3 is 2.52 bits per heavy atom. The predicted molar refractivity (Wildman–Crippen MR) is 95.2 cm³/mol. The van der Waals surface area contributed by atoms with Gasteiger partial charge in [0.15, 0.2) is 0 Å². The fourth-order valence-corrected chi connectivity index (χ4v) is 2.63. The molecule has 1 atom stereocenters. The van der Waals surface area contributed by atoms with Crippen LogP contribution in [0.1, 0.15) is 57.7 Å². The van der Waals surface area contributed by atoms with Crippen LogP contribution in [-0.4, -0.2) is 0 Å². The molecule has 1 unspecified atom stereocenters. The molecule has 0 nitrogen and oxygen atoms in total. The first-order valence-electron chi connectivity index (χ1n) is 8.23. The molecule has 0 saturated heterocycles. The monoisotopic (exact) mass is 280 g/mol. The van der Waals surface area contributed by atoms with Crippen LogP contribution in [0.4, 0.5) is 0 Å². The van der Waals surface area contributed by atoms with E-state index in [1.54, 1.807) is 0 Å². The summed E-state index contributed by atoms with van der Waals surface area (Å²) in [5.74, 6) is 6.85. The lowest BCUT2D eigenvalue weighted by Gasteiger charge is -2.07. The van der Waals surface area contributed by atoms with E-state index in [1.807, 2.05) is 27.7 Å². The van der Waals surface area contributed by atoms with Crippen molar-refractivity contribution < 1.29 is 0 Å². The van der Waals surface area contributed by atoms with Gasteiger partial charge in [-0.2, -0.15) is 0 Å². The van der Waals surface area contributed by atoms with Crippen LogP contribution >= 0.6 is 0 Å². The van der Waals surface area contributed by atoms with Crippen LogP contribution in [0.2, 0.25) is 0 Å². The lowest BCUT2D eigenvalue weighted by molar-refractivity contribution is 0.977. The topological polar surface area (TPSA) is 0 Å². The van der Waals surface area contributed by atoms with Gasteiger partial charge in [0.1, 0.15) is 0 Å². The molecule has 0 saturated carbocycles. The Morgan fingerprint density at radius 2 is 1.81 bits per heavy atom. The average molecular weight is 280 g/mol. The van der Waals surface area contributed by atoms with Gasteiger partial charge in [-0.3, -0.25) is 0 Å². The fraction of sp³-hybridized carbons (Fsp3) is 0.429. The smallest absolute Gasteiger partial charge is 0.0363 e. The molecule has 112 valence electrons. The van der Waals surface area contributed by atoms with E-state index in [9.17, 15) is 0 Å². The summed E-state index contributed by atoms with van der Waals surface area (Å²) in [6.07, 6.45) is 6.59. The van der Waals surface area contributed by atoms with Crippen molar-refractivity contribution in [3.63, 3.8) is 0 Å². The molecule has 0 aliphatic heterocycles. The maximum absolute atomic E-state index is 3.27. The van der Waals surface area contributed by atoms with Gasteiger partial charge in [-0.05, 0) is 42.5 Å². The number of fused-ring (bicyclic) bond motifs is 3. The Kier molecular flexibility index (Phi) is 7.03. The van der Waals surface area contributed by atoms with Gasteiger partial charge in [-0.25, -0.2) is 0 Å². The molecule has 0 heteroatoms. The zero-order valence-corrected chi connectivity index (χ0v) is 14.4. The molecule has 2 aliphatic rings. The summed E-state index contributed by atoms with van der Waals surface area (Å²) in [6, 6.07) is 6.78. The molecule has 1 aromatic carbocycles. The third kappa shape index (κ3) is 4.11. The molecule has 0 aromatic heterocycles. The lowest BCUT2D eigenvalue weighted by atomic mass is 9.97. The number of aryl methyl sites for hydroxylation is 1. The van der Waals surface area contributed by atoms with Crippen LogP contribution in [0, 0.1) is 24.7 Å². The van der Waals surface area contributed by atoms with E-state index in [0.29, 0.717) is 5.92 Å². The fourth-order valence-electron chi connectivity index (χ4n) is 2.63. The highest BCUT2D eigenvalue weighted by Gasteiger charge is 2.21. The largest absolute Gasteiger partial charge is 0.0985 e. The van der Waals surface area contributed by atoms with E-state index in [0.717, 1.165) is 12.8 Å². The van der Waals surface area contributed by atoms with Gasteiger partial charge in [0, 0.05) is 12.3 Å². The Labute approximate surface area is 131 Å². The zero-order valence-electron chi connectivity index (χ0n) is 14.4. The predicted octanol–water partition coefficient (Wildman–Crippen LogP) is 5.96. The van der Waals surface area contributed by atoms with E-state index < -0.39 is 0 Å². The molecular formula is C21H28. The minimum Gasteiger partial charge on any atom is -0.0985 e. The van der Waals surface area contributed by atoms with Crippen LogP contribution in [0.25, 0.3) is 5.57 Å². The molecule has 0 amide bonds. The minimum atomic E-state index is 0.361. The molecule has 0 bridgehead atoms. The lowest BCUT2D eigenvalue weighted by Crippen LogP contribution is -1.91. The van der Waals surface area contributed by atoms with Crippen molar-refractivity contribution in [2.24, 2.45) is 5.92 Å². The van der Waals surface area contributed by atoms with Crippen molar-refractivity contribution >= 4 is 5.57 Å². The normalized spacial score (nSPS) is 22.7. The molecule has 2 aliphatic carbocycles. The summed E-state index contributed by atoms with van der Waals surface area (Å²) in [7, 11) is 0. The number of allylic oxidation sites excluding steroid dienone is 4. The number of rotatable bonds is 0. The standard InChI is InChI=1S/C17H16.2C2H6/c1-12-5-3-4-6-14-11-15-8-7-13(2)10-17(15)16(14)9-12;2*1-2/h6-10,12H,4,11H2,1-2H3;2*1-2H3/b14-6-,16-9+;;. The third-order valence-electron chi connectivity index (χ3n) is 3.48. The number of benzene rings is 1. The minimum absolute atomic E-state index is 0.361. The highest BCUT2D eigenvalue weighted by Crippen LogP contribution is 2.38. The number of hydrogen-bond donors (Lipinski definition) is 0. The quantitative estimate of drug-likeness (QED) is 0.515. The molecule has 21 heavy (non-hydrogen) atoms. The Balaban J connectivity index is 0.000000510. The second-order valence-electron chi connectivity index (χ2n) is 4.96. The van der Waals surface area contributed by atoms with Gasteiger partial charge in [0.25, 0.3) is 0 Å². The SMILES string of the molecule is CC.CC.Cc1ccc2c(c1)C1=C/C(C)C#CC/C=C\1C2. The highest BCUT2D eigenvalue weighted by molar-refractivity contribution is 5.86. The van der Waals surface area contributed by atoms with Crippen LogP contribution in [0.5, 0.6) is 0 Å². The highest BCUT2D eigenvalue weighted by atomic mass is 14.3. The van der Waals surface area contributed by atoms with Crippen LogP contribution in [-0.2, 0) is 6.42 Å². The summed E-state index contributed by atoms with van der Waals surface area (Å²) in [5, 5.41) is 0. The van der Waals surface area contributed by atoms with E-state index in [4.69, 9.17) is 0 Å². The van der Waals surface area contributed by atoms with Gasteiger partial charge in [-0.1, -0.05) is 75.5 Å². The first-order chi connectivity index (χ1) is 10.2. The van der Waals surface area contributed by atoms with Gasteiger partial charge in [0.05, 0.1) is 0 Å². The molecule has 1 aromatic rings. The van der Waals surface area contributed by atoms with Gasteiger partial charge < -0.3 is 0 Å². The second kappa shape index (κ2) is 8.53. The van der Waals surface area contributed by atoms with Crippen molar-refractivity contribution in [3.05, 3.63) is 52.6 Å². The Bertz CT molecular complexity index is 588. The van der Waals surface area contributed by atoms with Crippen LogP contribution < -0.4 is 0 Å². The summed E-state index contributed by atoms with van der Waals surface area (Å²) in [4.78, 5) is 0. The van der Waals surface area contributed by atoms with E-state index >= 15 is 0 Å². The van der Waals surface area contributed by atoms with Crippen molar-refractivity contribution in [1.29, 1.82) is 0 Å². The maximum atomic E-state index is 3.27. The summed E-state index contributed by atoms with van der Waals surface area (Å²) in [6.45, 7) is 12.3. The molecule has 0 fully saturated rings. The average Bonchev–Trinajstić information content (AvgIpc) is 2.82. The van der Waals surface area contributed by atoms with Crippen LogP contribution in [0.3, 0.4) is 0 Å². The zero-order chi connectivity index (χ0) is 15.8. The molecular weight excluding hydrogens is 252 g/mol. The van der Waals surface area contributed by atoms with Crippen molar-refractivity contribution in [1.82, 2.24) is 0 Å². The van der Waals surface area contributed by atoms with Crippen molar-refractivity contribution in [2.45, 2.75) is 54.4 Å². The van der Waals surface area contributed by atoms with Gasteiger partial charge in [0.2, 0.25) is 0 Å². The number of hydrogen-bond acceptors (Lipinski definition) is 0. The maximum Gasteiger partial charge on any atom is 0.0363 e. The van der Waals surface area contributed by atoms with E-state index in [-0.39, 0.29) is 0 Å². The van der Waals surface area contributed by atoms with Crippen molar-refractivity contribution in [3.8, 4) is 11.8 Å². The van der Waals surface area contributed by atoms with E-state index in [1.165, 1.54) is 27.8 Å². The van der Waals surface area contributed by atoms with Crippen LogP contribution in [0.15, 0.2) is 35.9 Å². The molecule has 3 rings (SSSR count). The first kappa shape index (κ1) is 17.3. The van der Waals surface area contributed by atoms with Gasteiger partial charge in [-0.15, -0.1) is 0 Å². The van der Waals surface area contributed by atoms with Gasteiger partial charge >= 0.3 is 0 Å². The second-order valence-corrected chi connectivity index (χ2v) is 4.96. The molecule has 0 heterocycles. The Morgan fingerprint density at radius 1 is 1.10 bits per heavy atom. The third-order valence-corrected chi connectivity index (χ3v) is 3.48. The Hall–Kier alpha value is -1.74.